The molecule has 0 bridgehead atoms. The summed E-state index contributed by atoms with van der Waals surface area (Å²) in [6, 6.07) is 0.287. The van der Waals surface area contributed by atoms with Crippen molar-refractivity contribution in [3.63, 3.8) is 0 Å². The molecule has 0 aromatic carbocycles. The van der Waals surface area contributed by atoms with E-state index in [1.54, 1.807) is 13.3 Å². The van der Waals surface area contributed by atoms with Crippen LogP contribution in [0.3, 0.4) is 0 Å². The van der Waals surface area contributed by atoms with Gasteiger partial charge in [-0.2, -0.15) is 16.9 Å². The van der Waals surface area contributed by atoms with Crippen LogP contribution in [0, 0.1) is 5.92 Å². The van der Waals surface area contributed by atoms with E-state index in [2.05, 4.69) is 29.1 Å². The second-order valence-corrected chi connectivity index (χ2v) is 7.13. The van der Waals surface area contributed by atoms with Crippen molar-refractivity contribution >= 4 is 23.4 Å². The SMILES string of the molecule is CCNC(CC1CCSCC1)c1c(Cl)cnn1CCOC. The monoisotopic (exact) mass is 331 g/mol. The summed E-state index contributed by atoms with van der Waals surface area (Å²) in [5.74, 6) is 3.37. The van der Waals surface area contributed by atoms with E-state index in [1.165, 1.54) is 24.3 Å². The van der Waals surface area contributed by atoms with Crippen LogP contribution in [0.2, 0.25) is 5.02 Å². The Morgan fingerprint density at radius 1 is 1.52 bits per heavy atom. The molecule has 0 aliphatic carbocycles. The van der Waals surface area contributed by atoms with Gasteiger partial charge in [0.15, 0.2) is 0 Å². The molecule has 2 heterocycles. The maximum atomic E-state index is 6.40. The van der Waals surface area contributed by atoms with Crippen molar-refractivity contribution in [3.05, 3.63) is 16.9 Å². The first-order valence-corrected chi connectivity index (χ1v) is 9.30. The first-order valence-electron chi connectivity index (χ1n) is 7.77. The van der Waals surface area contributed by atoms with E-state index in [4.69, 9.17) is 16.3 Å². The predicted octanol–water partition coefficient (Wildman–Crippen LogP) is 3.37. The minimum Gasteiger partial charge on any atom is -0.383 e. The highest BCUT2D eigenvalue weighted by molar-refractivity contribution is 7.99. The third-order valence-corrected chi connectivity index (χ3v) is 5.37. The zero-order valence-electron chi connectivity index (χ0n) is 13.0. The number of nitrogens with zero attached hydrogens (tertiary/aromatic N) is 2. The van der Waals surface area contributed by atoms with Crippen LogP contribution in [0.15, 0.2) is 6.20 Å². The van der Waals surface area contributed by atoms with Crippen LogP contribution >= 0.6 is 23.4 Å². The molecule has 1 atom stereocenters. The Labute approximate surface area is 137 Å². The summed E-state index contributed by atoms with van der Waals surface area (Å²) in [5.41, 5.74) is 1.12. The molecule has 1 aromatic heterocycles. The molecule has 2 rings (SSSR count). The highest BCUT2D eigenvalue weighted by Crippen LogP contribution is 2.33. The van der Waals surface area contributed by atoms with E-state index in [-0.39, 0.29) is 6.04 Å². The van der Waals surface area contributed by atoms with Crippen LogP contribution in [-0.2, 0) is 11.3 Å². The third-order valence-electron chi connectivity index (χ3n) is 4.03. The van der Waals surface area contributed by atoms with Gasteiger partial charge in [-0.15, -0.1) is 0 Å². The Balaban J connectivity index is 2.10. The van der Waals surface area contributed by atoms with Crippen LogP contribution in [0.1, 0.15) is 37.9 Å². The number of ether oxygens (including phenoxy) is 1. The number of nitrogens with one attached hydrogen (secondary N) is 1. The lowest BCUT2D eigenvalue weighted by molar-refractivity contribution is 0.181. The lowest BCUT2D eigenvalue weighted by atomic mass is 9.92. The summed E-state index contributed by atoms with van der Waals surface area (Å²) in [5, 5.41) is 8.77. The standard InChI is InChI=1S/C15H26ClN3OS/c1-3-17-14(10-12-4-8-21-9-5-12)15-13(16)11-18-19(15)6-7-20-2/h11-12,14,17H,3-10H2,1-2H3. The average molecular weight is 332 g/mol. The number of aromatic nitrogens is 2. The summed E-state index contributed by atoms with van der Waals surface area (Å²) in [4.78, 5) is 0. The van der Waals surface area contributed by atoms with Gasteiger partial charge in [-0.05, 0) is 43.2 Å². The van der Waals surface area contributed by atoms with E-state index >= 15 is 0 Å². The van der Waals surface area contributed by atoms with Gasteiger partial charge >= 0.3 is 0 Å². The molecule has 1 aliphatic rings. The lowest BCUT2D eigenvalue weighted by Crippen LogP contribution is -2.28. The lowest BCUT2D eigenvalue weighted by Gasteiger charge is -2.27. The number of methoxy groups -OCH3 is 1. The largest absolute Gasteiger partial charge is 0.383 e. The average Bonchev–Trinajstić information content (AvgIpc) is 2.86. The van der Waals surface area contributed by atoms with E-state index in [0.29, 0.717) is 6.61 Å². The molecule has 1 fully saturated rings. The molecule has 1 aliphatic heterocycles. The van der Waals surface area contributed by atoms with Crippen LogP contribution in [0.5, 0.6) is 0 Å². The summed E-state index contributed by atoms with van der Waals surface area (Å²) < 4.78 is 7.17. The molecule has 0 spiro atoms. The van der Waals surface area contributed by atoms with Gasteiger partial charge in [-0.3, -0.25) is 4.68 Å². The first kappa shape index (κ1) is 17.1. The molecule has 0 amide bonds. The fourth-order valence-electron chi connectivity index (χ4n) is 2.93. The third kappa shape index (κ3) is 4.88. The molecule has 4 nitrogen and oxygen atoms in total. The molecule has 0 radical (unpaired) electrons. The van der Waals surface area contributed by atoms with Crippen molar-refractivity contribution in [2.75, 3.05) is 31.8 Å². The predicted molar refractivity (Wildman–Crippen MR) is 90.2 cm³/mol. The topological polar surface area (TPSA) is 39.1 Å². The summed E-state index contributed by atoms with van der Waals surface area (Å²) in [6.45, 7) is 4.50. The number of halogens is 1. The Morgan fingerprint density at radius 2 is 2.29 bits per heavy atom. The van der Waals surface area contributed by atoms with Crippen molar-refractivity contribution in [2.24, 2.45) is 5.92 Å². The summed E-state index contributed by atoms with van der Waals surface area (Å²) in [7, 11) is 1.71. The Hall–Kier alpha value is -0.230. The molecular weight excluding hydrogens is 306 g/mol. The molecule has 1 unspecified atom stereocenters. The molecule has 0 saturated carbocycles. The molecular formula is C15H26ClN3OS. The number of thioether (sulfide) groups is 1. The van der Waals surface area contributed by atoms with Gasteiger partial charge in [0.2, 0.25) is 0 Å². The van der Waals surface area contributed by atoms with Crippen molar-refractivity contribution in [1.29, 1.82) is 0 Å². The van der Waals surface area contributed by atoms with Gasteiger partial charge in [0.25, 0.3) is 0 Å². The first-order chi connectivity index (χ1) is 10.3. The highest BCUT2D eigenvalue weighted by Gasteiger charge is 2.24. The fourth-order valence-corrected chi connectivity index (χ4v) is 4.40. The van der Waals surface area contributed by atoms with Gasteiger partial charge in [-0.25, -0.2) is 0 Å². The molecule has 120 valence electrons. The molecule has 21 heavy (non-hydrogen) atoms. The maximum absolute atomic E-state index is 6.40. The number of hydrogen-bond donors (Lipinski definition) is 1. The Morgan fingerprint density at radius 3 is 2.95 bits per heavy atom. The normalized spacial score (nSPS) is 18.0. The van der Waals surface area contributed by atoms with E-state index in [1.807, 2.05) is 4.68 Å². The van der Waals surface area contributed by atoms with E-state index < -0.39 is 0 Å². The zero-order chi connectivity index (χ0) is 15.1. The van der Waals surface area contributed by atoms with Gasteiger partial charge in [0.1, 0.15) is 0 Å². The minimum atomic E-state index is 0.287. The van der Waals surface area contributed by atoms with Crippen LogP contribution in [-0.4, -0.2) is 41.5 Å². The van der Waals surface area contributed by atoms with E-state index in [9.17, 15) is 0 Å². The smallest absolute Gasteiger partial charge is 0.0834 e. The second-order valence-electron chi connectivity index (χ2n) is 5.50. The quantitative estimate of drug-likeness (QED) is 0.792. The Bertz CT molecular complexity index is 421. The van der Waals surface area contributed by atoms with Gasteiger partial charge in [-0.1, -0.05) is 18.5 Å². The Kier molecular flexibility index (Phi) is 7.37. The maximum Gasteiger partial charge on any atom is 0.0834 e. The van der Waals surface area contributed by atoms with E-state index in [0.717, 1.165) is 36.1 Å². The van der Waals surface area contributed by atoms with Gasteiger partial charge < -0.3 is 10.1 Å². The van der Waals surface area contributed by atoms with Crippen LogP contribution < -0.4 is 5.32 Å². The molecule has 1 saturated heterocycles. The molecule has 1 N–H and O–H groups in total. The fraction of sp³-hybridized carbons (Fsp3) is 0.800. The number of hydrogen-bond acceptors (Lipinski definition) is 4. The van der Waals surface area contributed by atoms with Crippen molar-refractivity contribution in [3.8, 4) is 0 Å². The minimum absolute atomic E-state index is 0.287. The summed E-state index contributed by atoms with van der Waals surface area (Å²) >= 11 is 8.48. The second kappa shape index (κ2) is 9.03. The zero-order valence-corrected chi connectivity index (χ0v) is 14.6. The van der Waals surface area contributed by atoms with Crippen molar-refractivity contribution < 1.29 is 4.74 Å². The molecule has 6 heteroatoms. The van der Waals surface area contributed by atoms with Gasteiger partial charge in [0.05, 0.1) is 36.1 Å². The van der Waals surface area contributed by atoms with Crippen LogP contribution in [0.25, 0.3) is 0 Å². The van der Waals surface area contributed by atoms with Crippen LogP contribution in [0.4, 0.5) is 0 Å². The van der Waals surface area contributed by atoms with Crippen molar-refractivity contribution in [2.45, 2.75) is 38.8 Å². The summed E-state index contributed by atoms with van der Waals surface area (Å²) in [6.07, 6.45) is 5.53. The molecule has 1 aromatic rings. The van der Waals surface area contributed by atoms with Gasteiger partial charge in [0, 0.05) is 7.11 Å². The number of rotatable bonds is 8. The van der Waals surface area contributed by atoms with Crippen molar-refractivity contribution in [1.82, 2.24) is 15.1 Å². The highest BCUT2D eigenvalue weighted by atomic mass is 35.5.